The van der Waals surface area contributed by atoms with Crippen molar-refractivity contribution in [3.05, 3.63) is 30.1 Å². The molecule has 1 aliphatic rings. The van der Waals surface area contributed by atoms with Crippen LogP contribution in [0.4, 0.5) is 0 Å². The molecule has 1 saturated heterocycles. The van der Waals surface area contributed by atoms with Gasteiger partial charge in [-0.05, 0) is 19.1 Å². The topological polar surface area (TPSA) is 68.5 Å². The van der Waals surface area contributed by atoms with E-state index in [1.165, 1.54) is 0 Å². The second kappa shape index (κ2) is 6.40. The van der Waals surface area contributed by atoms with E-state index < -0.39 is 0 Å². The number of aromatic nitrogens is 2. The number of aryl methyl sites for hydroxylation is 1. The van der Waals surface area contributed by atoms with Gasteiger partial charge in [0.15, 0.2) is 5.82 Å². The molecule has 1 amide bonds. The number of amides is 1. The number of nitrogens with zero attached hydrogens (tertiary/aromatic N) is 3. The van der Waals surface area contributed by atoms with Crippen LogP contribution in [0.3, 0.4) is 0 Å². The summed E-state index contributed by atoms with van der Waals surface area (Å²) in [4.78, 5) is 18.2. The number of hydrogen-bond acceptors (Lipinski definition) is 5. The minimum Gasteiger partial charge on any atom is -0.488 e. The zero-order valence-corrected chi connectivity index (χ0v) is 13.7. The summed E-state index contributed by atoms with van der Waals surface area (Å²) in [6.45, 7) is 6.98. The molecule has 6 heteroatoms. The maximum Gasteiger partial charge on any atom is 0.261 e. The first-order valence-corrected chi connectivity index (χ1v) is 7.89. The molecule has 1 fully saturated rings. The van der Waals surface area contributed by atoms with Crippen LogP contribution in [0.1, 0.15) is 26.1 Å². The summed E-state index contributed by atoms with van der Waals surface area (Å²) in [7, 11) is 0. The molecule has 0 radical (unpaired) electrons. The molecule has 1 atom stereocenters. The largest absolute Gasteiger partial charge is 0.488 e. The van der Waals surface area contributed by atoms with E-state index in [1.807, 2.05) is 43.0 Å². The van der Waals surface area contributed by atoms with Crippen LogP contribution in [0.2, 0.25) is 0 Å². The molecule has 1 aromatic carbocycles. The van der Waals surface area contributed by atoms with E-state index in [9.17, 15) is 4.79 Å². The zero-order chi connectivity index (χ0) is 16.4. The first kappa shape index (κ1) is 15.5. The third-order valence-corrected chi connectivity index (χ3v) is 3.89. The molecule has 0 spiro atoms. The fourth-order valence-electron chi connectivity index (χ4n) is 2.72. The van der Waals surface area contributed by atoms with Gasteiger partial charge in [-0.1, -0.05) is 31.1 Å². The normalized spacial score (nSPS) is 17.7. The van der Waals surface area contributed by atoms with E-state index in [1.54, 1.807) is 6.92 Å². The molecule has 0 aliphatic carbocycles. The summed E-state index contributed by atoms with van der Waals surface area (Å²) >= 11 is 0. The van der Waals surface area contributed by atoms with Crippen LogP contribution in [-0.4, -0.2) is 40.1 Å². The van der Waals surface area contributed by atoms with Crippen LogP contribution in [0.15, 0.2) is 28.8 Å². The molecule has 1 unspecified atom stereocenters. The van der Waals surface area contributed by atoms with Crippen molar-refractivity contribution in [2.75, 3.05) is 13.1 Å². The molecule has 3 rings (SSSR count). The Labute approximate surface area is 135 Å². The number of likely N-dealkylation sites (tertiary alicyclic amines) is 1. The first-order valence-electron chi connectivity index (χ1n) is 7.89. The molecule has 6 nitrogen and oxygen atoms in total. The lowest BCUT2D eigenvalue weighted by Gasteiger charge is -2.19. The maximum absolute atomic E-state index is 12.1. The Morgan fingerprint density at radius 3 is 2.87 bits per heavy atom. The summed E-state index contributed by atoms with van der Waals surface area (Å²) in [5.74, 6) is 1.94. The molecule has 1 aromatic heterocycles. The second-order valence-corrected chi connectivity index (χ2v) is 6.11. The predicted octanol–water partition coefficient (Wildman–Crippen LogP) is 2.68. The van der Waals surface area contributed by atoms with Crippen molar-refractivity contribution in [2.24, 2.45) is 5.92 Å². The van der Waals surface area contributed by atoms with Gasteiger partial charge in [-0.15, -0.1) is 0 Å². The summed E-state index contributed by atoms with van der Waals surface area (Å²) in [5, 5.41) is 3.83. The predicted molar refractivity (Wildman–Crippen MR) is 84.9 cm³/mol. The van der Waals surface area contributed by atoms with Crippen LogP contribution in [-0.2, 0) is 4.79 Å². The van der Waals surface area contributed by atoms with Crippen LogP contribution in [0.5, 0.6) is 5.75 Å². The third-order valence-electron chi connectivity index (χ3n) is 3.89. The standard InChI is InChI=1S/C17H21N3O3/c1-11(2)17(21)20-9-8-13(10-20)22-15-7-5-4-6-14(15)16-18-12(3)19-23-16/h4-7,11,13H,8-10H2,1-3H3. The van der Waals surface area contributed by atoms with Crippen LogP contribution >= 0.6 is 0 Å². The van der Waals surface area contributed by atoms with E-state index >= 15 is 0 Å². The number of carbonyl (C=O) groups is 1. The van der Waals surface area contributed by atoms with Crippen molar-refractivity contribution in [3.63, 3.8) is 0 Å². The lowest BCUT2D eigenvalue weighted by molar-refractivity contribution is -0.133. The maximum atomic E-state index is 12.1. The van der Waals surface area contributed by atoms with Crippen molar-refractivity contribution in [1.29, 1.82) is 0 Å². The smallest absolute Gasteiger partial charge is 0.261 e. The molecule has 1 aliphatic heterocycles. The highest BCUT2D eigenvalue weighted by Gasteiger charge is 2.29. The molecular weight excluding hydrogens is 294 g/mol. The fraction of sp³-hybridized carbons (Fsp3) is 0.471. The Balaban J connectivity index is 1.73. The minimum atomic E-state index is -0.0112. The van der Waals surface area contributed by atoms with Gasteiger partial charge in [0.1, 0.15) is 11.9 Å². The Morgan fingerprint density at radius 2 is 2.17 bits per heavy atom. The molecule has 2 heterocycles. The summed E-state index contributed by atoms with van der Waals surface area (Å²) in [5.41, 5.74) is 0.779. The average molecular weight is 315 g/mol. The molecular formula is C17H21N3O3. The van der Waals surface area contributed by atoms with Gasteiger partial charge in [0.2, 0.25) is 5.91 Å². The quantitative estimate of drug-likeness (QED) is 0.867. The minimum absolute atomic E-state index is 0.0112. The first-order chi connectivity index (χ1) is 11.0. The van der Waals surface area contributed by atoms with Gasteiger partial charge in [-0.25, -0.2) is 0 Å². The van der Waals surface area contributed by atoms with E-state index in [0.717, 1.165) is 18.5 Å². The Morgan fingerprint density at radius 1 is 1.39 bits per heavy atom. The lowest BCUT2D eigenvalue weighted by Crippen LogP contribution is -2.33. The number of para-hydroxylation sites is 1. The second-order valence-electron chi connectivity index (χ2n) is 6.11. The number of carbonyl (C=O) groups excluding carboxylic acids is 1. The van der Waals surface area contributed by atoms with Gasteiger partial charge < -0.3 is 14.2 Å². The van der Waals surface area contributed by atoms with Gasteiger partial charge in [-0.2, -0.15) is 4.98 Å². The summed E-state index contributed by atoms with van der Waals surface area (Å²) in [6, 6.07) is 7.61. The van der Waals surface area contributed by atoms with Gasteiger partial charge in [0, 0.05) is 18.9 Å². The van der Waals surface area contributed by atoms with Gasteiger partial charge in [0.05, 0.1) is 12.1 Å². The number of rotatable bonds is 4. The molecule has 23 heavy (non-hydrogen) atoms. The highest BCUT2D eigenvalue weighted by atomic mass is 16.5. The molecule has 0 N–H and O–H groups in total. The number of benzene rings is 1. The average Bonchev–Trinajstić information content (AvgIpc) is 3.16. The molecule has 0 bridgehead atoms. The highest BCUT2D eigenvalue weighted by molar-refractivity contribution is 5.78. The molecule has 122 valence electrons. The van der Waals surface area contributed by atoms with Crippen molar-refractivity contribution < 1.29 is 14.1 Å². The van der Waals surface area contributed by atoms with Gasteiger partial charge >= 0.3 is 0 Å². The van der Waals surface area contributed by atoms with E-state index in [0.29, 0.717) is 24.0 Å². The number of hydrogen-bond donors (Lipinski definition) is 0. The van der Waals surface area contributed by atoms with Crippen molar-refractivity contribution in [3.8, 4) is 17.2 Å². The lowest BCUT2D eigenvalue weighted by atomic mass is 10.2. The van der Waals surface area contributed by atoms with Crippen molar-refractivity contribution in [1.82, 2.24) is 15.0 Å². The Bertz CT molecular complexity index is 696. The van der Waals surface area contributed by atoms with Gasteiger partial charge in [0.25, 0.3) is 5.89 Å². The number of ether oxygens (including phenoxy) is 1. The van der Waals surface area contributed by atoms with E-state index in [4.69, 9.17) is 9.26 Å². The van der Waals surface area contributed by atoms with Crippen LogP contribution in [0, 0.1) is 12.8 Å². The third kappa shape index (κ3) is 3.36. The Kier molecular flexibility index (Phi) is 4.32. The van der Waals surface area contributed by atoms with Crippen molar-refractivity contribution in [2.45, 2.75) is 33.3 Å². The van der Waals surface area contributed by atoms with Crippen LogP contribution < -0.4 is 4.74 Å². The highest BCUT2D eigenvalue weighted by Crippen LogP contribution is 2.30. The molecule has 2 aromatic rings. The summed E-state index contributed by atoms with van der Waals surface area (Å²) in [6.07, 6.45) is 0.818. The Hall–Kier alpha value is -2.37. The van der Waals surface area contributed by atoms with E-state index in [-0.39, 0.29) is 17.9 Å². The van der Waals surface area contributed by atoms with Gasteiger partial charge in [-0.3, -0.25) is 4.79 Å². The van der Waals surface area contributed by atoms with Crippen molar-refractivity contribution >= 4 is 5.91 Å². The fourth-order valence-corrected chi connectivity index (χ4v) is 2.72. The SMILES string of the molecule is Cc1noc(-c2ccccc2OC2CCN(C(=O)C(C)C)C2)n1. The zero-order valence-electron chi connectivity index (χ0n) is 13.7. The molecule has 0 saturated carbocycles. The van der Waals surface area contributed by atoms with Crippen LogP contribution in [0.25, 0.3) is 11.5 Å². The van der Waals surface area contributed by atoms with E-state index in [2.05, 4.69) is 10.1 Å². The summed E-state index contributed by atoms with van der Waals surface area (Å²) < 4.78 is 11.3. The monoisotopic (exact) mass is 315 g/mol.